The zero-order valence-corrected chi connectivity index (χ0v) is 24.1. The first kappa shape index (κ1) is 33.9. The molecule has 35 heavy (non-hydrogen) atoms. The number of aldehydes is 1. The average molecular weight is 487 g/mol. The Bertz CT molecular complexity index is 499. The van der Waals surface area contributed by atoms with Crippen LogP contribution in [0.4, 0.5) is 0 Å². The van der Waals surface area contributed by atoms with Crippen LogP contribution in [0.3, 0.4) is 0 Å². The third-order valence-electron chi connectivity index (χ3n) is 7.00. The van der Waals surface area contributed by atoms with Crippen molar-refractivity contribution >= 4 is 6.29 Å². The summed E-state index contributed by atoms with van der Waals surface area (Å²) in [5.74, 6) is 0. The van der Waals surface area contributed by atoms with E-state index >= 15 is 0 Å². The second-order valence-corrected chi connectivity index (χ2v) is 10.5. The van der Waals surface area contributed by atoms with Crippen LogP contribution in [0.1, 0.15) is 174 Å². The van der Waals surface area contributed by atoms with Crippen molar-refractivity contribution < 1.29 is 4.79 Å². The van der Waals surface area contributed by atoms with E-state index < -0.39 is 0 Å². The molecule has 0 N–H and O–H groups in total. The fourth-order valence-electron chi connectivity index (χ4n) is 4.58. The molecule has 204 valence electrons. The highest BCUT2D eigenvalue weighted by Crippen LogP contribution is 2.13. The van der Waals surface area contributed by atoms with Gasteiger partial charge in [-0.15, -0.1) is 0 Å². The zero-order chi connectivity index (χ0) is 25.5. The van der Waals surface area contributed by atoms with Crippen molar-refractivity contribution in [2.75, 3.05) is 0 Å². The molecule has 0 aliphatic carbocycles. The largest absolute Gasteiger partial charge is 0.298 e. The summed E-state index contributed by atoms with van der Waals surface area (Å²) in [5, 5.41) is 0. The molecule has 0 aliphatic rings. The summed E-state index contributed by atoms with van der Waals surface area (Å²) in [6, 6.07) is 0. The SMILES string of the molecule is CCCCCCCCC=CCCCCCCC=C(C=O)CCCCCC=CCCCCCCCC. The summed E-state index contributed by atoms with van der Waals surface area (Å²) in [4.78, 5) is 11.3. The molecule has 0 aliphatic heterocycles. The van der Waals surface area contributed by atoms with Crippen LogP contribution in [-0.4, -0.2) is 6.29 Å². The molecule has 0 bridgehead atoms. The molecule has 0 aromatic rings. The summed E-state index contributed by atoms with van der Waals surface area (Å²) < 4.78 is 0. The molecule has 0 saturated carbocycles. The molecule has 0 atom stereocenters. The summed E-state index contributed by atoms with van der Waals surface area (Å²) in [6.45, 7) is 4.56. The lowest BCUT2D eigenvalue weighted by Gasteiger charge is -2.02. The van der Waals surface area contributed by atoms with Gasteiger partial charge < -0.3 is 0 Å². The normalized spacial score (nSPS) is 12.3. The number of rotatable bonds is 28. The fraction of sp³-hybridized carbons (Fsp3) is 0.794. The standard InChI is InChI=1S/C34H62O/c1-3-5-7-9-11-13-15-17-18-20-22-24-26-28-30-32-34(33-35)31-29-27-25-23-21-19-16-14-12-10-8-6-4-2/h17-19,21,32-33H,3-16,20,22-31H2,1-2H3. The third-order valence-corrected chi connectivity index (χ3v) is 7.00. The Kier molecular flexibility index (Phi) is 29.9. The minimum atomic E-state index is 0.967. The average Bonchev–Trinajstić information content (AvgIpc) is 2.87. The van der Waals surface area contributed by atoms with Gasteiger partial charge in [0.05, 0.1) is 0 Å². The lowest BCUT2D eigenvalue weighted by atomic mass is 10.0. The second-order valence-electron chi connectivity index (χ2n) is 10.5. The molecule has 0 unspecified atom stereocenters. The molecule has 1 heteroatoms. The Morgan fingerprint density at radius 2 is 0.771 bits per heavy atom. The molecular weight excluding hydrogens is 424 g/mol. The van der Waals surface area contributed by atoms with E-state index in [0.717, 1.165) is 31.1 Å². The van der Waals surface area contributed by atoms with Crippen molar-refractivity contribution in [3.63, 3.8) is 0 Å². The number of allylic oxidation sites excluding steroid dienone is 6. The Labute approximate surface area is 221 Å². The highest BCUT2D eigenvalue weighted by molar-refractivity contribution is 5.72. The lowest BCUT2D eigenvalue weighted by molar-refractivity contribution is -0.105. The van der Waals surface area contributed by atoms with Crippen LogP contribution in [0.5, 0.6) is 0 Å². The van der Waals surface area contributed by atoms with Gasteiger partial charge in [-0.1, -0.05) is 128 Å². The molecule has 0 fully saturated rings. The first-order chi connectivity index (χ1) is 17.3. The molecule has 0 rings (SSSR count). The van der Waals surface area contributed by atoms with Crippen molar-refractivity contribution in [3.8, 4) is 0 Å². The number of carbonyl (C=O) groups excluding carboxylic acids is 1. The summed E-state index contributed by atoms with van der Waals surface area (Å²) in [7, 11) is 0. The summed E-state index contributed by atoms with van der Waals surface area (Å²) >= 11 is 0. The van der Waals surface area contributed by atoms with Crippen molar-refractivity contribution in [1.82, 2.24) is 0 Å². The quantitative estimate of drug-likeness (QED) is 0.0465. The predicted octanol–water partition coefficient (Wildman–Crippen LogP) is 12.0. The van der Waals surface area contributed by atoms with Gasteiger partial charge in [-0.2, -0.15) is 0 Å². The molecule has 0 radical (unpaired) electrons. The maximum Gasteiger partial charge on any atom is 0.145 e. The van der Waals surface area contributed by atoms with Crippen LogP contribution in [0.2, 0.25) is 0 Å². The molecule has 0 saturated heterocycles. The monoisotopic (exact) mass is 486 g/mol. The smallest absolute Gasteiger partial charge is 0.145 e. The van der Waals surface area contributed by atoms with Gasteiger partial charge in [-0.3, -0.25) is 4.79 Å². The van der Waals surface area contributed by atoms with E-state index in [1.165, 1.54) is 141 Å². The van der Waals surface area contributed by atoms with Gasteiger partial charge in [0.25, 0.3) is 0 Å². The number of hydrogen-bond acceptors (Lipinski definition) is 1. The van der Waals surface area contributed by atoms with Crippen molar-refractivity contribution in [1.29, 1.82) is 0 Å². The molecular formula is C34H62O. The maximum absolute atomic E-state index is 11.3. The van der Waals surface area contributed by atoms with E-state index in [9.17, 15) is 4.79 Å². The highest BCUT2D eigenvalue weighted by Gasteiger charge is 1.97. The summed E-state index contributed by atoms with van der Waals surface area (Å²) in [5.41, 5.74) is 1.03. The van der Waals surface area contributed by atoms with Crippen molar-refractivity contribution in [3.05, 3.63) is 36.0 Å². The topological polar surface area (TPSA) is 17.1 Å². The van der Waals surface area contributed by atoms with Gasteiger partial charge in [0, 0.05) is 0 Å². The minimum Gasteiger partial charge on any atom is -0.298 e. The number of hydrogen-bond donors (Lipinski definition) is 0. The Morgan fingerprint density at radius 1 is 0.429 bits per heavy atom. The van der Waals surface area contributed by atoms with Gasteiger partial charge in [0.2, 0.25) is 0 Å². The van der Waals surface area contributed by atoms with Crippen LogP contribution in [-0.2, 0) is 4.79 Å². The van der Waals surface area contributed by atoms with Crippen LogP contribution in [0, 0.1) is 0 Å². The van der Waals surface area contributed by atoms with Crippen LogP contribution in [0.15, 0.2) is 36.0 Å². The first-order valence-electron chi connectivity index (χ1n) is 15.8. The molecule has 1 nitrogen and oxygen atoms in total. The number of carbonyl (C=O) groups is 1. The van der Waals surface area contributed by atoms with Crippen LogP contribution < -0.4 is 0 Å². The van der Waals surface area contributed by atoms with Crippen LogP contribution in [0.25, 0.3) is 0 Å². The Hall–Kier alpha value is -1.11. The minimum absolute atomic E-state index is 0.967. The van der Waals surface area contributed by atoms with E-state index in [0.29, 0.717) is 0 Å². The summed E-state index contributed by atoms with van der Waals surface area (Å²) in [6.07, 6.45) is 45.2. The Morgan fingerprint density at radius 3 is 1.17 bits per heavy atom. The zero-order valence-electron chi connectivity index (χ0n) is 24.1. The fourth-order valence-corrected chi connectivity index (χ4v) is 4.58. The van der Waals surface area contributed by atoms with Gasteiger partial charge in [0.1, 0.15) is 6.29 Å². The van der Waals surface area contributed by atoms with Crippen molar-refractivity contribution in [2.24, 2.45) is 0 Å². The third kappa shape index (κ3) is 29.0. The number of unbranched alkanes of at least 4 members (excludes halogenated alkanes) is 20. The second kappa shape index (κ2) is 30.9. The molecule has 0 amide bonds. The van der Waals surface area contributed by atoms with Gasteiger partial charge in [-0.05, 0) is 82.6 Å². The van der Waals surface area contributed by atoms with Gasteiger partial charge >= 0.3 is 0 Å². The van der Waals surface area contributed by atoms with E-state index in [2.05, 4.69) is 44.2 Å². The van der Waals surface area contributed by atoms with E-state index in [1.54, 1.807) is 0 Å². The van der Waals surface area contributed by atoms with Gasteiger partial charge in [0.15, 0.2) is 0 Å². The predicted molar refractivity (Wildman–Crippen MR) is 159 cm³/mol. The molecule has 0 aromatic heterocycles. The molecule has 0 spiro atoms. The van der Waals surface area contributed by atoms with E-state index in [-0.39, 0.29) is 0 Å². The highest BCUT2D eigenvalue weighted by atomic mass is 16.1. The lowest BCUT2D eigenvalue weighted by Crippen LogP contribution is -1.87. The maximum atomic E-state index is 11.3. The first-order valence-corrected chi connectivity index (χ1v) is 15.8. The van der Waals surface area contributed by atoms with E-state index in [4.69, 9.17) is 0 Å². The van der Waals surface area contributed by atoms with Crippen molar-refractivity contribution in [2.45, 2.75) is 174 Å². The van der Waals surface area contributed by atoms with E-state index in [1.807, 2.05) is 0 Å². The molecule has 0 aromatic carbocycles. The van der Waals surface area contributed by atoms with Gasteiger partial charge in [-0.25, -0.2) is 0 Å². The molecule has 0 heterocycles. The van der Waals surface area contributed by atoms with Crippen LogP contribution >= 0.6 is 0 Å². The Balaban J connectivity index is 3.47.